The molecule has 74 heavy (non-hydrogen) atoms. The summed E-state index contributed by atoms with van der Waals surface area (Å²) in [6.45, 7) is 14.2. The summed E-state index contributed by atoms with van der Waals surface area (Å²) in [5.74, 6) is -1.88. The van der Waals surface area contributed by atoms with Crippen LogP contribution in [0.2, 0.25) is 0 Å². The summed E-state index contributed by atoms with van der Waals surface area (Å²) in [6, 6.07) is 9.04. The Labute approximate surface area is 437 Å². The fourth-order valence-corrected chi connectivity index (χ4v) is 8.78. The van der Waals surface area contributed by atoms with Crippen LogP contribution in [0.1, 0.15) is 80.1 Å². The largest absolute Gasteiger partial charge is 0.497 e. The molecule has 0 aliphatic carbocycles. The number of hydrogen-bond acceptors (Lipinski definition) is 18. The van der Waals surface area contributed by atoms with Crippen LogP contribution in [-0.4, -0.2) is 154 Å². The van der Waals surface area contributed by atoms with Crippen molar-refractivity contribution >= 4 is 88.0 Å². The van der Waals surface area contributed by atoms with E-state index in [1.807, 2.05) is 0 Å². The van der Waals surface area contributed by atoms with Crippen molar-refractivity contribution in [3.8, 4) is 5.75 Å². The maximum Gasteiger partial charge on any atom is 0.415 e. The van der Waals surface area contributed by atoms with Crippen LogP contribution in [0, 0.1) is 0 Å². The number of amides is 5. The average molecular weight is 1070 g/mol. The molecule has 2 atom stereocenters. The Morgan fingerprint density at radius 1 is 0.932 bits per heavy atom. The first-order valence-corrected chi connectivity index (χ1v) is 25.1. The number of aromatic nitrogens is 3. The zero-order valence-electron chi connectivity index (χ0n) is 43.8. The van der Waals surface area contributed by atoms with Crippen LogP contribution in [0.4, 0.5) is 35.4 Å². The van der Waals surface area contributed by atoms with E-state index < -0.39 is 76.9 Å². The molecule has 1 saturated heterocycles. The molecule has 3 aromatic rings. The van der Waals surface area contributed by atoms with Crippen molar-refractivity contribution in [1.29, 1.82) is 0 Å². The van der Waals surface area contributed by atoms with Crippen LogP contribution in [0.3, 0.4) is 0 Å². The van der Waals surface area contributed by atoms with E-state index in [0.717, 1.165) is 0 Å². The Kier molecular flexibility index (Phi) is 19.3. The van der Waals surface area contributed by atoms with E-state index in [4.69, 9.17) is 28.7 Å². The molecule has 1 fully saturated rings. The van der Waals surface area contributed by atoms with Crippen molar-refractivity contribution in [2.24, 2.45) is 10.1 Å². The molecule has 2 unspecified atom stereocenters. The van der Waals surface area contributed by atoms with Crippen molar-refractivity contribution in [1.82, 2.24) is 29.4 Å². The molecule has 5 rings (SSSR count). The number of hydrogen-bond donors (Lipinski definition) is 2. The van der Waals surface area contributed by atoms with Gasteiger partial charge in [0.2, 0.25) is 23.0 Å². The van der Waals surface area contributed by atoms with E-state index in [0.29, 0.717) is 40.5 Å². The topological polar surface area (TPSA) is 249 Å². The van der Waals surface area contributed by atoms with Crippen molar-refractivity contribution in [2.75, 3.05) is 64.2 Å². The zero-order valence-corrected chi connectivity index (χ0v) is 45.5. The first kappa shape index (κ1) is 57.8. The van der Waals surface area contributed by atoms with Crippen molar-refractivity contribution in [3.05, 3.63) is 65.3 Å². The summed E-state index contributed by atoms with van der Waals surface area (Å²) in [7, 11) is 6.67. The number of nitrogens with one attached hydrogen (secondary N) is 2. The second-order valence-corrected chi connectivity index (χ2v) is 21.8. The third kappa shape index (κ3) is 16.2. The first-order chi connectivity index (χ1) is 34.7. The van der Waals surface area contributed by atoms with Gasteiger partial charge in [0.25, 0.3) is 18.7 Å². The molecule has 4 heterocycles. The SMILES string of the molecule is COc1ccc(COC(=O)C2=C(C[n+]3cccc(N(CCCN(C)C(=O)OC(C)(C)C)C(=O)OC(C)(C)C)c3N=CN(C)C)CSC3C(NC(=O)/C(=N/OCF)c4nsc(NC(=O)OC(C)(C)C)n4)C(=O)N23)cc1. The van der Waals surface area contributed by atoms with E-state index >= 15 is 0 Å². The molecule has 0 bridgehead atoms. The Bertz CT molecular complexity index is 2630. The zero-order chi connectivity index (χ0) is 54.7. The Morgan fingerprint density at radius 2 is 1.59 bits per heavy atom. The highest BCUT2D eigenvalue weighted by Gasteiger charge is 2.55. The molecule has 0 spiro atoms. The number of oxime groups is 1. The minimum absolute atomic E-state index is 0.0441. The number of methoxy groups -OCH3 is 1. The van der Waals surface area contributed by atoms with Gasteiger partial charge in [0.15, 0.2) is 0 Å². The highest BCUT2D eigenvalue weighted by molar-refractivity contribution is 8.00. The summed E-state index contributed by atoms with van der Waals surface area (Å²) in [6.07, 6.45) is 1.52. The molecule has 2 aromatic heterocycles. The molecule has 5 amide bonds. The minimum atomic E-state index is -1.41. The lowest BCUT2D eigenvalue weighted by molar-refractivity contribution is -0.675. The summed E-state index contributed by atoms with van der Waals surface area (Å²) < 4.78 is 46.9. The molecule has 26 heteroatoms. The van der Waals surface area contributed by atoms with E-state index in [2.05, 4.69) is 30.0 Å². The molecule has 1 aromatic carbocycles. The number of alkyl halides is 1. The van der Waals surface area contributed by atoms with Gasteiger partial charge >= 0.3 is 30.1 Å². The van der Waals surface area contributed by atoms with E-state index in [1.54, 1.807) is 142 Å². The molecule has 0 radical (unpaired) electrons. The lowest BCUT2D eigenvalue weighted by Gasteiger charge is -2.49. The van der Waals surface area contributed by atoms with E-state index in [9.17, 15) is 33.2 Å². The minimum Gasteiger partial charge on any atom is -0.497 e. The number of β-lactam (4-membered cyclic amide) rings is 1. The predicted octanol–water partition coefficient (Wildman–Crippen LogP) is 6.15. The number of carbonyl (C=O) groups is 6. The molecular weight excluding hydrogens is 1010 g/mol. The van der Waals surface area contributed by atoms with Crippen LogP contribution >= 0.6 is 23.3 Å². The number of ether oxygens (including phenoxy) is 5. The highest BCUT2D eigenvalue weighted by Crippen LogP contribution is 2.41. The number of carbonyl (C=O) groups excluding carboxylic acids is 6. The number of fused-ring (bicyclic) bond motifs is 1. The van der Waals surface area contributed by atoms with Crippen LogP contribution in [-0.2, 0) is 51.3 Å². The molecule has 23 nitrogen and oxygen atoms in total. The standard InChI is InChI=1S/C48H64FN11O12S2/c1-46(2,3)70-43(64)53-42-52-36(55-74-42)33(54-69-27-49)38(61)51-34-39(62)60-35(41(63)68-25-29-17-19-31(67-13)20-18-29)30(26-73-40(34)60)24-58-22-14-16-32(37(58)50-28-56(10)11)59(45(66)72-48(7,8)9)23-15-21-57(12)44(65)71-47(4,5)6/h14,16-20,22,28,34,40H,15,21,23-27H2,1-13H3,(H-,51,52,53,55,61,64)/p+1/b54-33+. The number of halogens is 1. The van der Waals surface area contributed by atoms with Crippen LogP contribution in [0.25, 0.3) is 0 Å². The van der Waals surface area contributed by atoms with Crippen molar-refractivity contribution in [2.45, 2.75) is 110 Å². The molecular formula is C48H65FN11O12S2+. The molecule has 2 N–H and O–H groups in total. The fraction of sp³-hybridized carbons (Fsp3) is 0.521. The third-order valence-corrected chi connectivity index (χ3v) is 12.0. The summed E-state index contributed by atoms with van der Waals surface area (Å²) in [5, 5.41) is 7.66. The van der Waals surface area contributed by atoms with Gasteiger partial charge in [-0.15, -0.1) is 11.8 Å². The second kappa shape index (κ2) is 24.8. The van der Waals surface area contributed by atoms with Crippen molar-refractivity contribution < 1.29 is 66.2 Å². The van der Waals surface area contributed by atoms with Gasteiger partial charge in [0.1, 0.15) is 58.5 Å². The summed E-state index contributed by atoms with van der Waals surface area (Å²) >= 11 is 1.93. The molecule has 402 valence electrons. The predicted molar refractivity (Wildman–Crippen MR) is 274 cm³/mol. The molecule has 0 saturated carbocycles. The van der Waals surface area contributed by atoms with Gasteiger partial charge in [-0.05, 0) is 104 Å². The number of benzene rings is 1. The lowest BCUT2D eigenvalue weighted by atomic mass is 10.0. The Morgan fingerprint density at radius 3 is 2.22 bits per heavy atom. The maximum atomic E-state index is 14.4. The van der Waals surface area contributed by atoms with Crippen LogP contribution < -0.4 is 24.8 Å². The summed E-state index contributed by atoms with van der Waals surface area (Å²) in [4.78, 5) is 101. The second-order valence-electron chi connectivity index (χ2n) is 19.9. The van der Waals surface area contributed by atoms with Crippen LogP contribution in [0.15, 0.2) is 64.0 Å². The van der Waals surface area contributed by atoms with Gasteiger partial charge in [-0.1, -0.05) is 17.3 Å². The van der Waals surface area contributed by atoms with Gasteiger partial charge < -0.3 is 43.6 Å². The van der Waals surface area contributed by atoms with E-state index in [1.165, 1.54) is 33.6 Å². The number of aliphatic imine (C=N–C) groups is 1. The van der Waals surface area contributed by atoms with Gasteiger partial charge in [-0.3, -0.25) is 24.7 Å². The first-order valence-electron chi connectivity index (χ1n) is 23.2. The van der Waals surface area contributed by atoms with E-state index in [-0.39, 0.29) is 54.5 Å². The monoisotopic (exact) mass is 1070 g/mol. The quantitative estimate of drug-likeness (QED) is 0.0260. The number of nitrogens with zero attached hydrogens (tertiary/aromatic N) is 9. The van der Waals surface area contributed by atoms with Gasteiger partial charge in [-0.25, -0.2) is 28.1 Å². The highest BCUT2D eigenvalue weighted by atomic mass is 32.2. The Balaban J connectivity index is 1.51. The van der Waals surface area contributed by atoms with Gasteiger partial charge in [-0.2, -0.15) is 9.36 Å². The normalized spacial score (nSPS) is 15.9. The summed E-state index contributed by atoms with van der Waals surface area (Å²) in [5.41, 5.74) is -1.71. The molecule has 2 aliphatic rings. The number of esters is 1. The van der Waals surface area contributed by atoms with Crippen LogP contribution in [0.5, 0.6) is 5.75 Å². The number of anilines is 2. The van der Waals surface area contributed by atoms with Crippen molar-refractivity contribution in [3.63, 3.8) is 0 Å². The number of pyridine rings is 1. The maximum absolute atomic E-state index is 14.4. The fourth-order valence-electron chi connectivity index (χ4n) is 6.88. The molecule has 2 aliphatic heterocycles. The lowest BCUT2D eigenvalue weighted by Crippen LogP contribution is -2.71. The smallest absolute Gasteiger partial charge is 0.415 e. The van der Waals surface area contributed by atoms with Gasteiger partial charge in [0, 0.05) is 57.1 Å². The van der Waals surface area contributed by atoms with Gasteiger partial charge in [0.05, 0.1) is 13.3 Å². The average Bonchev–Trinajstić information content (AvgIpc) is 3.76. The number of rotatable bonds is 19. The third-order valence-electron chi connectivity index (χ3n) is 10.0. The number of thioether (sulfide) groups is 1. The Hall–Kier alpha value is -7.09.